The van der Waals surface area contributed by atoms with Gasteiger partial charge in [0.15, 0.2) is 0 Å². The topological polar surface area (TPSA) is 68.0 Å². The van der Waals surface area contributed by atoms with Crippen molar-refractivity contribution >= 4 is 11.4 Å². The summed E-state index contributed by atoms with van der Waals surface area (Å²) < 4.78 is 0. The number of para-hydroxylation sites is 2. The third-order valence-corrected chi connectivity index (χ3v) is 3.71. The van der Waals surface area contributed by atoms with Crippen molar-refractivity contribution in [3.63, 3.8) is 0 Å². The molecule has 0 N–H and O–H groups in total. The molecule has 1 aliphatic heterocycles. The Labute approximate surface area is 118 Å². The monoisotopic (exact) mass is 277 g/mol. The smallest absolute Gasteiger partial charge is 0.314 e. The highest BCUT2D eigenvalue weighted by Crippen LogP contribution is 2.27. The summed E-state index contributed by atoms with van der Waals surface area (Å²) in [7, 11) is 2.08. The van der Waals surface area contributed by atoms with Crippen LogP contribution in [0.1, 0.15) is 20.3 Å². The minimum absolute atomic E-state index is 0.0644. The molecule has 0 spiro atoms. The van der Waals surface area contributed by atoms with Crippen LogP contribution in [-0.2, 0) is 0 Å². The fraction of sp³-hybridized carbons (Fsp3) is 0.500. The van der Waals surface area contributed by atoms with Gasteiger partial charge < -0.3 is 9.74 Å². The van der Waals surface area contributed by atoms with E-state index in [0.717, 1.165) is 18.7 Å². The molecule has 0 aliphatic carbocycles. The first-order valence-electron chi connectivity index (χ1n) is 6.66. The molecular formula is C14H19N3O3. The second-order valence-electron chi connectivity index (χ2n) is 5.29. The van der Waals surface area contributed by atoms with Crippen LogP contribution in [0.2, 0.25) is 0 Å². The number of oxime groups is 1. The highest BCUT2D eigenvalue weighted by Gasteiger charge is 2.26. The van der Waals surface area contributed by atoms with Crippen molar-refractivity contribution < 1.29 is 9.76 Å². The maximum atomic E-state index is 10.9. The lowest BCUT2D eigenvalue weighted by Crippen LogP contribution is -2.43. The number of rotatable bonds is 3. The van der Waals surface area contributed by atoms with E-state index >= 15 is 0 Å². The van der Waals surface area contributed by atoms with Crippen LogP contribution in [0.5, 0.6) is 5.75 Å². The van der Waals surface area contributed by atoms with Gasteiger partial charge >= 0.3 is 5.69 Å². The normalized spacial score (nSPS) is 25.6. The van der Waals surface area contributed by atoms with E-state index < -0.39 is 4.92 Å². The Morgan fingerprint density at radius 3 is 2.80 bits per heavy atom. The lowest BCUT2D eigenvalue weighted by molar-refractivity contribution is -0.385. The van der Waals surface area contributed by atoms with Crippen LogP contribution in [0.25, 0.3) is 0 Å². The maximum absolute atomic E-state index is 10.9. The van der Waals surface area contributed by atoms with Crippen LogP contribution < -0.4 is 4.84 Å². The number of nitro groups is 1. The molecule has 0 unspecified atom stereocenters. The Balaban J connectivity index is 2.15. The van der Waals surface area contributed by atoms with E-state index in [2.05, 4.69) is 31.0 Å². The molecule has 0 amide bonds. The van der Waals surface area contributed by atoms with Crippen molar-refractivity contribution in [1.29, 1.82) is 0 Å². The fourth-order valence-corrected chi connectivity index (χ4v) is 2.30. The number of piperidine rings is 1. The molecule has 20 heavy (non-hydrogen) atoms. The van der Waals surface area contributed by atoms with E-state index in [0.29, 0.717) is 12.0 Å². The summed E-state index contributed by atoms with van der Waals surface area (Å²) in [6, 6.07) is 6.68. The van der Waals surface area contributed by atoms with Gasteiger partial charge in [-0.2, -0.15) is 0 Å². The van der Waals surface area contributed by atoms with Gasteiger partial charge in [0.1, 0.15) is 0 Å². The second kappa shape index (κ2) is 6.00. The third-order valence-electron chi connectivity index (χ3n) is 3.71. The van der Waals surface area contributed by atoms with Crippen molar-refractivity contribution in [1.82, 2.24) is 4.90 Å². The average Bonchev–Trinajstić information content (AvgIpc) is 2.41. The quantitative estimate of drug-likeness (QED) is 0.629. The van der Waals surface area contributed by atoms with Gasteiger partial charge in [-0.3, -0.25) is 10.1 Å². The molecule has 1 heterocycles. The van der Waals surface area contributed by atoms with Crippen LogP contribution >= 0.6 is 0 Å². The fourth-order valence-electron chi connectivity index (χ4n) is 2.30. The van der Waals surface area contributed by atoms with Gasteiger partial charge in [-0.25, -0.2) is 0 Å². The largest absolute Gasteiger partial charge is 0.350 e. The molecule has 1 saturated heterocycles. The van der Waals surface area contributed by atoms with Crippen LogP contribution in [0.3, 0.4) is 0 Å². The predicted molar refractivity (Wildman–Crippen MR) is 77.0 cm³/mol. The van der Waals surface area contributed by atoms with E-state index in [1.54, 1.807) is 18.2 Å². The third kappa shape index (κ3) is 3.14. The summed E-state index contributed by atoms with van der Waals surface area (Å²) in [6.07, 6.45) is 0.818. The second-order valence-corrected chi connectivity index (χ2v) is 5.29. The molecule has 0 saturated carbocycles. The standard InChI is InChI=1S/C14H19N3O3/c1-10-9-16(3)11(2)8-12(10)15-20-14-7-5-4-6-13(14)17(18)19/h4-7,10-11H,8-9H2,1-3H3/b15-12+/t10-,11-/m0/s1. The summed E-state index contributed by atoms with van der Waals surface area (Å²) >= 11 is 0. The van der Waals surface area contributed by atoms with E-state index in [-0.39, 0.29) is 11.4 Å². The number of nitrogens with zero attached hydrogens (tertiary/aromatic N) is 3. The lowest BCUT2D eigenvalue weighted by atomic mass is 9.93. The summed E-state index contributed by atoms with van der Waals surface area (Å²) in [6.45, 7) is 5.14. The molecule has 1 aromatic carbocycles. The highest BCUT2D eigenvalue weighted by molar-refractivity contribution is 5.87. The first-order valence-corrected chi connectivity index (χ1v) is 6.66. The van der Waals surface area contributed by atoms with Gasteiger partial charge in [0.25, 0.3) is 0 Å². The Morgan fingerprint density at radius 2 is 2.10 bits per heavy atom. The maximum Gasteiger partial charge on any atom is 0.314 e. The molecule has 2 atom stereocenters. The average molecular weight is 277 g/mol. The molecule has 1 fully saturated rings. The molecule has 6 heteroatoms. The zero-order valence-corrected chi connectivity index (χ0v) is 11.9. The summed E-state index contributed by atoms with van der Waals surface area (Å²) in [5.74, 6) is 0.475. The van der Waals surface area contributed by atoms with Crippen molar-refractivity contribution in [3.8, 4) is 5.75 Å². The van der Waals surface area contributed by atoms with Crippen molar-refractivity contribution in [3.05, 3.63) is 34.4 Å². The molecule has 108 valence electrons. The van der Waals surface area contributed by atoms with E-state index in [4.69, 9.17) is 4.84 Å². The number of hydrogen-bond acceptors (Lipinski definition) is 5. The Bertz CT molecular complexity index is 530. The van der Waals surface area contributed by atoms with E-state index in [1.807, 2.05) is 0 Å². The van der Waals surface area contributed by atoms with Gasteiger partial charge in [-0.15, -0.1) is 0 Å². The van der Waals surface area contributed by atoms with Crippen LogP contribution in [0.15, 0.2) is 29.4 Å². The minimum Gasteiger partial charge on any atom is -0.350 e. The first-order chi connectivity index (χ1) is 9.49. The highest BCUT2D eigenvalue weighted by atomic mass is 16.6. The van der Waals surface area contributed by atoms with Crippen molar-refractivity contribution in [2.24, 2.45) is 11.1 Å². The zero-order valence-electron chi connectivity index (χ0n) is 11.9. The van der Waals surface area contributed by atoms with Crippen LogP contribution in [0, 0.1) is 16.0 Å². The van der Waals surface area contributed by atoms with Crippen LogP contribution in [-0.4, -0.2) is 35.2 Å². The molecule has 0 radical (unpaired) electrons. The Morgan fingerprint density at radius 1 is 1.40 bits per heavy atom. The van der Waals surface area contributed by atoms with Crippen molar-refractivity contribution in [2.45, 2.75) is 26.3 Å². The number of hydrogen-bond donors (Lipinski definition) is 0. The zero-order chi connectivity index (χ0) is 14.7. The molecule has 0 bridgehead atoms. The molecule has 0 aromatic heterocycles. The van der Waals surface area contributed by atoms with E-state index in [1.165, 1.54) is 6.07 Å². The van der Waals surface area contributed by atoms with Gasteiger partial charge in [0.2, 0.25) is 5.75 Å². The summed E-state index contributed by atoms with van der Waals surface area (Å²) in [5, 5.41) is 15.1. The van der Waals surface area contributed by atoms with Gasteiger partial charge in [0, 0.05) is 31.0 Å². The minimum atomic E-state index is -0.462. The predicted octanol–water partition coefficient (Wildman–Crippen LogP) is 2.69. The summed E-state index contributed by atoms with van der Waals surface area (Å²) in [5.41, 5.74) is 0.888. The molecule has 6 nitrogen and oxygen atoms in total. The number of likely N-dealkylation sites (tertiary alicyclic amines) is 1. The van der Waals surface area contributed by atoms with Gasteiger partial charge in [-0.05, 0) is 20.0 Å². The lowest BCUT2D eigenvalue weighted by Gasteiger charge is -2.34. The number of benzene rings is 1. The molecule has 2 rings (SSSR count). The Hall–Kier alpha value is -1.95. The molecule has 1 aliphatic rings. The Kier molecular flexibility index (Phi) is 4.34. The SMILES string of the molecule is C[C@H]1CN(C)[C@@H](C)C/C1=N\Oc1ccccc1[N+](=O)[O-]. The number of nitro benzene ring substituents is 1. The summed E-state index contributed by atoms with van der Waals surface area (Å²) in [4.78, 5) is 18.0. The molecule has 1 aromatic rings. The van der Waals surface area contributed by atoms with Crippen molar-refractivity contribution in [2.75, 3.05) is 13.6 Å². The molecular weight excluding hydrogens is 258 g/mol. The van der Waals surface area contributed by atoms with E-state index in [9.17, 15) is 10.1 Å². The van der Waals surface area contributed by atoms with Gasteiger partial charge in [-0.1, -0.05) is 24.2 Å². The first kappa shape index (κ1) is 14.5. The van der Waals surface area contributed by atoms with Crippen LogP contribution in [0.4, 0.5) is 5.69 Å². The van der Waals surface area contributed by atoms with Gasteiger partial charge in [0.05, 0.1) is 10.6 Å².